The van der Waals surface area contributed by atoms with E-state index in [1.807, 2.05) is 37.3 Å². The summed E-state index contributed by atoms with van der Waals surface area (Å²) in [4.78, 5) is 0. The van der Waals surface area contributed by atoms with Crippen LogP contribution in [0.5, 0.6) is 11.5 Å². The molecule has 0 aliphatic rings. The standard InChI is InChI=1S/C18H21BrN2O2/c1-12-9-15(6-7-16(12)19)13(2)21-20-11-14-5-8-17(22-3)18(10-14)23-4/h5-10,20H,11H2,1-4H3/b21-13-. The molecule has 0 aliphatic carbocycles. The van der Waals surface area contributed by atoms with Crippen molar-refractivity contribution in [3.63, 3.8) is 0 Å². The van der Waals surface area contributed by atoms with Crippen molar-refractivity contribution in [2.75, 3.05) is 14.2 Å². The van der Waals surface area contributed by atoms with Crippen LogP contribution in [0, 0.1) is 6.92 Å². The number of methoxy groups -OCH3 is 2. The lowest BCUT2D eigenvalue weighted by Gasteiger charge is -2.10. The Kier molecular flexibility index (Phi) is 6.04. The maximum Gasteiger partial charge on any atom is 0.161 e. The van der Waals surface area contributed by atoms with Gasteiger partial charge in [-0.25, -0.2) is 0 Å². The predicted octanol–water partition coefficient (Wildman–Crippen LogP) is 4.29. The van der Waals surface area contributed by atoms with Crippen molar-refractivity contribution in [1.29, 1.82) is 0 Å². The highest BCUT2D eigenvalue weighted by atomic mass is 79.9. The summed E-state index contributed by atoms with van der Waals surface area (Å²) < 4.78 is 11.6. The molecule has 0 bridgehead atoms. The van der Waals surface area contributed by atoms with Gasteiger partial charge in [-0.05, 0) is 54.8 Å². The summed E-state index contributed by atoms with van der Waals surface area (Å²) in [6, 6.07) is 12.0. The Balaban J connectivity index is 2.04. The molecule has 1 N–H and O–H groups in total. The first-order valence-electron chi connectivity index (χ1n) is 7.29. The molecule has 0 spiro atoms. The maximum atomic E-state index is 5.30. The van der Waals surface area contributed by atoms with Gasteiger partial charge in [0.2, 0.25) is 0 Å². The fraction of sp³-hybridized carbons (Fsp3) is 0.278. The van der Waals surface area contributed by atoms with E-state index in [0.717, 1.165) is 32.8 Å². The molecule has 2 rings (SSSR count). The number of hydrogen-bond donors (Lipinski definition) is 1. The van der Waals surface area contributed by atoms with E-state index < -0.39 is 0 Å². The number of nitrogens with one attached hydrogen (secondary N) is 1. The Morgan fingerprint density at radius 1 is 1.09 bits per heavy atom. The highest BCUT2D eigenvalue weighted by Crippen LogP contribution is 2.27. The third-order valence-electron chi connectivity index (χ3n) is 3.55. The molecule has 0 aromatic heterocycles. The van der Waals surface area contributed by atoms with E-state index in [1.54, 1.807) is 14.2 Å². The van der Waals surface area contributed by atoms with Gasteiger partial charge in [-0.15, -0.1) is 0 Å². The first kappa shape index (κ1) is 17.3. The topological polar surface area (TPSA) is 42.8 Å². The van der Waals surface area contributed by atoms with E-state index in [1.165, 1.54) is 5.56 Å². The number of nitrogens with zero attached hydrogens (tertiary/aromatic N) is 1. The Labute approximate surface area is 145 Å². The average Bonchev–Trinajstić information content (AvgIpc) is 2.57. The molecule has 5 heteroatoms. The van der Waals surface area contributed by atoms with E-state index in [0.29, 0.717) is 6.54 Å². The highest BCUT2D eigenvalue weighted by molar-refractivity contribution is 9.10. The van der Waals surface area contributed by atoms with E-state index in [4.69, 9.17) is 9.47 Å². The van der Waals surface area contributed by atoms with Crippen molar-refractivity contribution in [2.24, 2.45) is 5.10 Å². The normalized spacial score (nSPS) is 11.3. The van der Waals surface area contributed by atoms with Crippen molar-refractivity contribution < 1.29 is 9.47 Å². The molecule has 4 nitrogen and oxygen atoms in total. The van der Waals surface area contributed by atoms with Crippen molar-refractivity contribution in [1.82, 2.24) is 5.43 Å². The zero-order chi connectivity index (χ0) is 16.8. The smallest absolute Gasteiger partial charge is 0.161 e. The summed E-state index contributed by atoms with van der Waals surface area (Å²) in [5.74, 6) is 1.44. The van der Waals surface area contributed by atoms with Crippen molar-refractivity contribution in [3.8, 4) is 11.5 Å². The molecular formula is C18H21BrN2O2. The molecule has 0 saturated heterocycles. The Bertz CT molecular complexity index is 714. The van der Waals surface area contributed by atoms with Crippen LogP contribution in [0.2, 0.25) is 0 Å². The number of hydrogen-bond acceptors (Lipinski definition) is 4. The van der Waals surface area contributed by atoms with Gasteiger partial charge in [-0.3, -0.25) is 0 Å². The summed E-state index contributed by atoms with van der Waals surface area (Å²) in [6.07, 6.45) is 0. The van der Waals surface area contributed by atoms with Crippen LogP contribution in [0.25, 0.3) is 0 Å². The quantitative estimate of drug-likeness (QED) is 0.603. The molecule has 0 heterocycles. The van der Waals surface area contributed by atoms with Gasteiger partial charge in [-0.2, -0.15) is 5.10 Å². The summed E-state index contributed by atoms with van der Waals surface area (Å²) in [7, 11) is 3.26. The van der Waals surface area contributed by atoms with Crippen LogP contribution in [-0.4, -0.2) is 19.9 Å². The second-order valence-corrected chi connectivity index (χ2v) is 6.04. The highest BCUT2D eigenvalue weighted by Gasteiger charge is 2.04. The minimum Gasteiger partial charge on any atom is -0.493 e. The zero-order valence-corrected chi connectivity index (χ0v) is 15.4. The van der Waals surface area contributed by atoms with Crippen LogP contribution < -0.4 is 14.9 Å². The number of hydrazone groups is 1. The molecule has 0 aliphatic heterocycles. The van der Waals surface area contributed by atoms with Crippen LogP contribution in [0.1, 0.15) is 23.6 Å². The minimum absolute atomic E-state index is 0.618. The summed E-state index contributed by atoms with van der Waals surface area (Å²) >= 11 is 3.51. The molecule has 2 aromatic carbocycles. The lowest BCUT2D eigenvalue weighted by molar-refractivity contribution is 0.354. The third kappa shape index (κ3) is 4.48. The number of halogens is 1. The van der Waals surface area contributed by atoms with Gasteiger partial charge >= 0.3 is 0 Å². The van der Waals surface area contributed by atoms with Gasteiger partial charge in [0.25, 0.3) is 0 Å². The number of ether oxygens (including phenoxy) is 2. The molecular weight excluding hydrogens is 356 g/mol. The van der Waals surface area contributed by atoms with E-state index in [9.17, 15) is 0 Å². The largest absolute Gasteiger partial charge is 0.493 e. The minimum atomic E-state index is 0.618. The molecule has 0 amide bonds. The van der Waals surface area contributed by atoms with E-state index in [-0.39, 0.29) is 0 Å². The number of rotatable bonds is 6. The van der Waals surface area contributed by atoms with Crippen LogP contribution in [0.3, 0.4) is 0 Å². The monoisotopic (exact) mass is 376 g/mol. The number of benzene rings is 2. The molecule has 0 saturated carbocycles. The van der Waals surface area contributed by atoms with Gasteiger partial charge in [0.05, 0.1) is 26.5 Å². The van der Waals surface area contributed by atoms with E-state index in [2.05, 4.69) is 39.4 Å². The van der Waals surface area contributed by atoms with Crippen molar-refractivity contribution in [3.05, 3.63) is 57.6 Å². The fourth-order valence-electron chi connectivity index (χ4n) is 2.17. The molecule has 122 valence electrons. The molecule has 0 atom stereocenters. The van der Waals surface area contributed by atoms with Crippen molar-refractivity contribution >= 4 is 21.6 Å². The van der Waals surface area contributed by atoms with Crippen molar-refractivity contribution in [2.45, 2.75) is 20.4 Å². The molecule has 0 radical (unpaired) electrons. The molecule has 0 fully saturated rings. The first-order chi connectivity index (χ1) is 11.0. The lowest BCUT2D eigenvalue weighted by atomic mass is 10.1. The summed E-state index contributed by atoms with van der Waals surface area (Å²) in [6.45, 7) is 4.68. The van der Waals surface area contributed by atoms with Crippen LogP contribution >= 0.6 is 15.9 Å². The second kappa shape index (κ2) is 8.02. The average molecular weight is 377 g/mol. The first-order valence-corrected chi connectivity index (χ1v) is 8.09. The molecule has 23 heavy (non-hydrogen) atoms. The molecule has 0 unspecified atom stereocenters. The summed E-state index contributed by atoms with van der Waals surface area (Å²) in [5, 5.41) is 4.44. The summed E-state index contributed by atoms with van der Waals surface area (Å²) in [5.41, 5.74) is 7.42. The SMILES string of the molecule is COc1ccc(CN/N=C(/C)c2ccc(Br)c(C)c2)cc1OC. The zero-order valence-electron chi connectivity index (χ0n) is 13.8. The lowest BCUT2D eigenvalue weighted by Crippen LogP contribution is -2.09. The van der Waals surface area contributed by atoms with Gasteiger partial charge in [0.1, 0.15) is 0 Å². The van der Waals surface area contributed by atoms with Gasteiger partial charge in [-0.1, -0.05) is 28.1 Å². The van der Waals surface area contributed by atoms with Crippen LogP contribution in [0.15, 0.2) is 46.0 Å². The van der Waals surface area contributed by atoms with Crippen LogP contribution in [-0.2, 0) is 6.54 Å². The number of aryl methyl sites for hydroxylation is 1. The Morgan fingerprint density at radius 2 is 1.83 bits per heavy atom. The van der Waals surface area contributed by atoms with Gasteiger partial charge < -0.3 is 14.9 Å². The van der Waals surface area contributed by atoms with E-state index >= 15 is 0 Å². The van der Waals surface area contributed by atoms with Gasteiger partial charge in [0.15, 0.2) is 11.5 Å². The second-order valence-electron chi connectivity index (χ2n) is 5.19. The Hall–Kier alpha value is -2.01. The Morgan fingerprint density at radius 3 is 2.48 bits per heavy atom. The predicted molar refractivity (Wildman–Crippen MR) is 97.5 cm³/mol. The fourth-order valence-corrected chi connectivity index (χ4v) is 2.42. The molecule has 2 aromatic rings. The third-order valence-corrected chi connectivity index (χ3v) is 4.44. The maximum absolute atomic E-state index is 5.30. The van der Waals surface area contributed by atoms with Crippen LogP contribution in [0.4, 0.5) is 0 Å². The van der Waals surface area contributed by atoms with Gasteiger partial charge in [0, 0.05) is 4.47 Å².